The molecule has 0 spiro atoms. The summed E-state index contributed by atoms with van der Waals surface area (Å²) in [5, 5.41) is 0. The van der Waals surface area contributed by atoms with Crippen molar-refractivity contribution >= 4 is 9.84 Å². The summed E-state index contributed by atoms with van der Waals surface area (Å²) in [6.45, 7) is 5.43. The fourth-order valence-electron chi connectivity index (χ4n) is 1.84. The predicted molar refractivity (Wildman–Crippen MR) is 68.7 cm³/mol. The molecule has 4 nitrogen and oxygen atoms in total. The van der Waals surface area contributed by atoms with Crippen LogP contribution in [0.1, 0.15) is 42.9 Å². The minimum Gasteiger partial charge on any atom is -0.466 e. The predicted octanol–water partition coefficient (Wildman–Crippen LogP) is 2.11. The summed E-state index contributed by atoms with van der Waals surface area (Å²) in [4.78, 5) is 0. The topological polar surface area (TPSA) is 73.3 Å². The molecule has 0 aliphatic rings. The Hall–Kier alpha value is -0.810. The number of nitrogens with two attached hydrogens (primary N) is 1. The Morgan fingerprint density at radius 1 is 1.41 bits per heavy atom. The van der Waals surface area contributed by atoms with Crippen LogP contribution in [0.2, 0.25) is 0 Å². The molecule has 2 N–H and O–H groups in total. The van der Waals surface area contributed by atoms with Gasteiger partial charge in [0.05, 0.1) is 5.75 Å². The largest absolute Gasteiger partial charge is 0.466 e. The minimum absolute atomic E-state index is 0.139. The average Bonchev–Trinajstić information content (AvgIpc) is 2.57. The summed E-state index contributed by atoms with van der Waals surface area (Å²) < 4.78 is 28.1. The van der Waals surface area contributed by atoms with E-state index in [0.29, 0.717) is 12.8 Å². The molecule has 0 saturated carbocycles. The molecular formula is C12H21NO3S. The van der Waals surface area contributed by atoms with Crippen molar-refractivity contribution in [2.24, 2.45) is 5.73 Å². The Kier molecular flexibility index (Phi) is 4.77. The van der Waals surface area contributed by atoms with Crippen molar-refractivity contribution in [3.8, 4) is 0 Å². The van der Waals surface area contributed by atoms with Crippen LogP contribution in [0.4, 0.5) is 0 Å². The van der Waals surface area contributed by atoms with Gasteiger partial charge in [-0.05, 0) is 32.8 Å². The van der Waals surface area contributed by atoms with Gasteiger partial charge >= 0.3 is 0 Å². The Balaban J connectivity index is 2.51. The van der Waals surface area contributed by atoms with Crippen LogP contribution in [0, 0.1) is 13.8 Å². The molecule has 1 rings (SSSR count). The second-order valence-corrected chi connectivity index (χ2v) is 6.83. The zero-order chi connectivity index (χ0) is 13.1. The smallest absolute Gasteiger partial charge is 0.150 e. The molecule has 0 bridgehead atoms. The Bertz CT molecular complexity index is 462. The second-order valence-electron chi connectivity index (χ2n) is 4.35. The third-order valence-corrected chi connectivity index (χ3v) is 4.68. The molecule has 5 heteroatoms. The maximum Gasteiger partial charge on any atom is 0.150 e. The Morgan fingerprint density at radius 3 is 2.53 bits per heavy atom. The van der Waals surface area contributed by atoms with Crippen LogP contribution in [-0.4, -0.2) is 19.9 Å². The highest BCUT2D eigenvalue weighted by Crippen LogP contribution is 2.23. The van der Waals surface area contributed by atoms with Crippen molar-refractivity contribution in [3.05, 3.63) is 23.2 Å². The van der Waals surface area contributed by atoms with Crippen LogP contribution in [0.3, 0.4) is 0 Å². The molecule has 17 heavy (non-hydrogen) atoms. The van der Waals surface area contributed by atoms with Crippen LogP contribution in [0.5, 0.6) is 0 Å². The highest BCUT2D eigenvalue weighted by Gasteiger charge is 2.14. The number of hydrogen-bond acceptors (Lipinski definition) is 4. The lowest BCUT2D eigenvalue weighted by Gasteiger charge is -2.10. The van der Waals surface area contributed by atoms with Gasteiger partial charge in [-0.1, -0.05) is 6.92 Å². The van der Waals surface area contributed by atoms with Gasteiger partial charge in [-0.3, -0.25) is 0 Å². The third-order valence-electron chi connectivity index (χ3n) is 2.89. The number of hydrogen-bond donors (Lipinski definition) is 1. The van der Waals surface area contributed by atoms with E-state index in [1.54, 1.807) is 6.92 Å². The first-order chi connectivity index (χ1) is 7.85. The summed E-state index contributed by atoms with van der Waals surface area (Å²) in [5.74, 6) is 2.08. The van der Waals surface area contributed by atoms with E-state index in [-0.39, 0.29) is 17.5 Å². The van der Waals surface area contributed by atoms with Crippen LogP contribution in [-0.2, 0) is 9.84 Å². The van der Waals surface area contributed by atoms with Crippen LogP contribution >= 0.6 is 0 Å². The molecule has 0 fully saturated rings. The van der Waals surface area contributed by atoms with Crippen LogP contribution in [0.15, 0.2) is 10.5 Å². The van der Waals surface area contributed by atoms with E-state index in [2.05, 4.69) is 0 Å². The molecule has 0 aromatic carbocycles. The van der Waals surface area contributed by atoms with Crippen molar-refractivity contribution in [1.82, 2.24) is 0 Å². The minimum atomic E-state index is -2.88. The van der Waals surface area contributed by atoms with E-state index in [4.69, 9.17) is 10.2 Å². The lowest BCUT2D eigenvalue weighted by Crippen LogP contribution is -2.14. The molecule has 0 radical (unpaired) electrons. The monoisotopic (exact) mass is 259 g/mol. The number of sulfone groups is 1. The summed E-state index contributed by atoms with van der Waals surface area (Å²) in [6, 6.07) is 1.79. The molecule has 0 saturated heterocycles. The zero-order valence-electron chi connectivity index (χ0n) is 10.7. The molecule has 1 aromatic rings. The maximum absolute atomic E-state index is 11.3. The van der Waals surface area contributed by atoms with Gasteiger partial charge in [0.2, 0.25) is 0 Å². The highest BCUT2D eigenvalue weighted by molar-refractivity contribution is 7.91. The van der Waals surface area contributed by atoms with Gasteiger partial charge < -0.3 is 10.2 Å². The van der Waals surface area contributed by atoms with Gasteiger partial charge in [-0.25, -0.2) is 8.42 Å². The molecule has 0 amide bonds. The summed E-state index contributed by atoms with van der Waals surface area (Å²) in [7, 11) is -2.88. The Morgan fingerprint density at radius 2 is 2.06 bits per heavy atom. The fraction of sp³-hybridized carbons (Fsp3) is 0.667. The molecule has 0 aliphatic heterocycles. The average molecular weight is 259 g/mol. The van der Waals surface area contributed by atoms with Crippen LogP contribution in [0.25, 0.3) is 0 Å². The van der Waals surface area contributed by atoms with Gasteiger partial charge in [-0.2, -0.15) is 0 Å². The first-order valence-corrected chi connectivity index (χ1v) is 7.71. The zero-order valence-corrected chi connectivity index (χ0v) is 11.5. The van der Waals surface area contributed by atoms with Gasteiger partial charge in [0.25, 0.3) is 0 Å². The SMILES string of the molecule is CCS(=O)(=O)CCCC(N)c1cc(C)oc1C. The first kappa shape index (κ1) is 14.3. The molecule has 1 atom stereocenters. The number of furan rings is 1. The van der Waals surface area contributed by atoms with Crippen molar-refractivity contribution in [1.29, 1.82) is 0 Å². The van der Waals surface area contributed by atoms with Crippen LogP contribution < -0.4 is 5.73 Å². The second kappa shape index (κ2) is 5.69. The Labute approximate surface area is 103 Å². The van der Waals surface area contributed by atoms with E-state index < -0.39 is 9.84 Å². The summed E-state index contributed by atoms with van der Waals surface area (Å²) in [5.41, 5.74) is 7.01. The standard InChI is InChI=1S/C12H21NO3S/c1-4-17(14,15)7-5-6-12(13)11-8-9(2)16-10(11)3/h8,12H,4-7,13H2,1-3H3. The van der Waals surface area contributed by atoms with E-state index in [1.165, 1.54) is 0 Å². The molecular weight excluding hydrogens is 238 g/mol. The number of rotatable bonds is 6. The third kappa shape index (κ3) is 4.16. The molecule has 98 valence electrons. The van der Waals surface area contributed by atoms with Crippen molar-refractivity contribution in [2.75, 3.05) is 11.5 Å². The van der Waals surface area contributed by atoms with Gasteiger partial charge in [0.1, 0.15) is 21.4 Å². The first-order valence-electron chi connectivity index (χ1n) is 5.88. The number of aryl methyl sites for hydroxylation is 2. The highest BCUT2D eigenvalue weighted by atomic mass is 32.2. The lowest BCUT2D eigenvalue weighted by atomic mass is 10.0. The normalized spacial score (nSPS) is 13.9. The summed E-state index contributed by atoms with van der Waals surface area (Å²) >= 11 is 0. The molecule has 1 heterocycles. The van der Waals surface area contributed by atoms with Crippen molar-refractivity contribution < 1.29 is 12.8 Å². The summed E-state index contributed by atoms with van der Waals surface area (Å²) in [6.07, 6.45) is 1.26. The van der Waals surface area contributed by atoms with E-state index in [9.17, 15) is 8.42 Å². The molecule has 0 aliphatic carbocycles. The van der Waals surface area contributed by atoms with E-state index in [0.717, 1.165) is 17.1 Å². The van der Waals surface area contributed by atoms with Gasteiger partial charge in [0.15, 0.2) is 0 Å². The molecule has 1 unspecified atom stereocenters. The van der Waals surface area contributed by atoms with Crippen molar-refractivity contribution in [2.45, 2.75) is 39.7 Å². The maximum atomic E-state index is 11.3. The van der Waals surface area contributed by atoms with E-state index in [1.807, 2.05) is 19.9 Å². The lowest BCUT2D eigenvalue weighted by molar-refractivity contribution is 0.495. The fourth-order valence-corrected chi connectivity index (χ4v) is 2.74. The van der Waals surface area contributed by atoms with Gasteiger partial charge in [0, 0.05) is 17.4 Å². The molecule has 1 aromatic heterocycles. The van der Waals surface area contributed by atoms with E-state index >= 15 is 0 Å². The van der Waals surface area contributed by atoms with Crippen molar-refractivity contribution in [3.63, 3.8) is 0 Å². The quantitative estimate of drug-likeness (QED) is 0.849. The van der Waals surface area contributed by atoms with Gasteiger partial charge in [-0.15, -0.1) is 0 Å².